The Bertz CT molecular complexity index is 333. The van der Waals surface area contributed by atoms with Crippen LogP contribution in [0.15, 0.2) is 6.07 Å². The van der Waals surface area contributed by atoms with Crippen molar-refractivity contribution in [2.75, 3.05) is 12.8 Å². The van der Waals surface area contributed by atoms with Crippen LogP contribution in [0.4, 0.5) is 14.5 Å². The molecule has 0 aliphatic heterocycles. The molecule has 0 aromatic carbocycles. The summed E-state index contributed by atoms with van der Waals surface area (Å²) in [6, 6.07) is 1.35. The number of anilines is 1. The van der Waals surface area contributed by atoms with Crippen molar-refractivity contribution in [2.45, 2.75) is 12.3 Å². The predicted octanol–water partition coefficient (Wildman–Crippen LogP) is 2.35. The number of nitrogens with zero attached hydrogens (tertiary/aromatic N) is 1. The minimum Gasteiger partial charge on any atom is -0.481 e. The number of hydrogen-bond acceptors (Lipinski definition) is 3. The lowest BCUT2D eigenvalue weighted by Crippen LogP contribution is -2.03. The minimum absolute atomic E-state index is 0.0727. The first-order valence-corrected chi connectivity index (χ1v) is 4.31. The zero-order chi connectivity index (χ0) is 10.7. The average molecular weight is 223 g/mol. The molecule has 0 atom stereocenters. The monoisotopic (exact) mass is 222 g/mol. The van der Waals surface area contributed by atoms with Crippen LogP contribution >= 0.6 is 11.6 Å². The van der Waals surface area contributed by atoms with E-state index in [9.17, 15) is 8.78 Å². The third-order valence-electron chi connectivity index (χ3n) is 1.67. The zero-order valence-electron chi connectivity index (χ0n) is 7.43. The summed E-state index contributed by atoms with van der Waals surface area (Å²) in [5.74, 6) is 0.202. The van der Waals surface area contributed by atoms with Crippen molar-refractivity contribution in [2.24, 2.45) is 0 Å². The minimum atomic E-state index is -2.71. The molecule has 0 amide bonds. The van der Waals surface area contributed by atoms with Gasteiger partial charge < -0.3 is 10.5 Å². The molecule has 3 nitrogen and oxygen atoms in total. The van der Waals surface area contributed by atoms with Gasteiger partial charge in [-0.15, -0.1) is 11.6 Å². The van der Waals surface area contributed by atoms with E-state index in [2.05, 4.69) is 4.98 Å². The second-order valence-corrected chi connectivity index (χ2v) is 2.83. The van der Waals surface area contributed by atoms with Gasteiger partial charge in [0.2, 0.25) is 5.88 Å². The van der Waals surface area contributed by atoms with Crippen molar-refractivity contribution < 1.29 is 13.5 Å². The molecule has 6 heteroatoms. The molecule has 0 saturated heterocycles. The molecule has 0 saturated carbocycles. The van der Waals surface area contributed by atoms with Crippen LogP contribution in [0.2, 0.25) is 0 Å². The molecule has 0 radical (unpaired) electrons. The number of hydrogen-bond donors (Lipinski definition) is 1. The van der Waals surface area contributed by atoms with Crippen molar-refractivity contribution in [3.8, 4) is 5.88 Å². The third-order valence-corrected chi connectivity index (χ3v) is 1.95. The molecule has 0 aliphatic carbocycles. The number of halogens is 3. The number of aromatic nitrogens is 1. The summed E-state index contributed by atoms with van der Waals surface area (Å²) in [4.78, 5) is 3.58. The lowest BCUT2D eigenvalue weighted by Gasteiger charge is -2.09. The van der Waals surface area contributed by atoms with Crippen molar-refractivity contribution in [1.29, 1.82) is 0 Å². The number of rotatable bonds is 3. The fourth-order valence-corrected chi connectivity index (χ4v) is 1.21. The highest BCUT2D eigenvalue weighted by Gasteiger charge is 2.17. The van der Waals surface area contributed by atoms with E-state index < -0.39 is 12.1 Å². The lowest BCUT2D eigenvalue weighted by molar-refractivity contribution is 0.146. The second-order valence-electron chi connectivity index (χ2n) is 2.57. The van der Waals surface area contributed by atoms with Crippen LogP contribution in [-0.4, -0.2) is 12.1 Å². The molecular weight excluding hydrogens is 214 g/mol. The van der Waals surface area contributed by atoms with E-state index in [1.807, 2.05) is 0 Å². The van der Waals surface area contributed by atoms with Gasteiger partial charge in [-0.25, -0.2) is 13.8 Å². The largest absolute Gasteiger partial charge is 0.481 e. The van der Waals surface area contributed by atoms with E-state index in [1.165, 1.54) is 13.2 Å². The van der Waals surface area contributed by atoms with Crippen LogP contribution < -0.4 is 10.5 Å². The molecule has 14 heavy (non-hydrogen) atoms. The number of pyridine rings is 1. The summed E-state index contributed by atoms with van der Waals surface area (Å²) >= 11 is 5.55. The molecule has 0 aliphatic rings. The van der Waals surface area contributed by atoms with Crippen LogP contribution in [0.1, 0.15) is 17.7 Å². The first kappa shape index (κ1) is 11.0. The highest BCUT2D eigenvalue weighted by molar-refractivity contribution is 6.17. The maximum atomic E-state index is 12.3. The fraction of sp³-hybridized carbons (Fsp3) is 0.375. The van der Waals surface area contributed by atoms with Gasteiger partial charge in [-0.05, 0) is 6.07 Å². The third kappa shape index (κ3) is 2.04. The Morgan fingerprint density at radius 3 is 2.71 bits per heavy atom. The van der Waals surface area contributed by atoms with E-state index in [0.717, 1.165) is 0 Å². The molecule has 1 aromatic rings. The average Bonchev–Trinajstić information content (AvgIpc) is 2.16. The lowest BCUT2D eigenvalue weighted by atomic mass is 10.2. The molecule has 0 fully saturated rings. The van der Waals surface area contributed by atoms with Crippen LogP contribution in [0.5, 0.6) is 5.88 Å². The summed E-state index contributed by atoms with van der Waals surface area (Å²) in [7, 11) is 1.34. The van der Waals surface area contributed by atoms with Crippen molar-refractivity contribution in [3.63, 3.8) is 0 Å². The first-order chi connectivity index (χ1) is 6.60. The molecule has 1 rings (SSSR count). The fourth-order valence-electron chi connectivity index (χ4n) is 1.02. The van der Waals surface area contributed by atoms with E-state index in [-0.39, 0.29) is 17.4 Å². The van der Waals surface area contributed by atoms with Gasteiger partial charge in [0.05, 0.1) is 18.7 Å². The normalized spacial score (nSPS) is 10.6. The van der Waals surface area contributed by atoms with Gasteiger partial charge in [-0.1, -0.05) is 0 Å². The topological polar surface area (TPSA) is 48.1 Å². The van der Waals surface area contributed by atoms with E-state index in [4.69, 9.17) is 22.1 Å². The van der Waals surface area contributed by atoms with Crippen LogP contribution in [0, 0.1) is 0 Å². The van der Waals surface area contributed by atoms with Crippen LogP contribution in [-0.2, 0) is 5.88 Å². The predicted molar refractivity (Wildman–Crippen MR) is 49.7 cm³/mol. The van der Waals surface area contributed by atoms with Crippen molar-refractivity contribution >= 4 is 17.3 Å². The molecule has 0 spiro atoms. The van der Waals surface area contributed by atoms with Crippen molar-refractivity contribution in [3.05, 3.63) is 17.3 Å². The molecular formula is C8H9ClF2N2O. The molecule has 78 valence electrons. The highest BCUT2D eigenvalue weighted by Crippen LogP contribution is 2.28. The quantitative estimate of drug-likeness (QED) is 0.799. The highest BCUT2D eigenvalue weighted by atomic mass is 35.5. The SMILES string of the molecule is COc1nc(C(F)F)c(N)cc1CCl. The summed E-state index contributed by atoms with van der Waals surface area (Å²) in [6.45, 7) is 0. The maximum Gasteiger partial charge on any atom is 0.282 e. The van der Waals surface area contributed by atoms with Gasteiger partial charge in [0.25, 0.3) is 6.43 Å². The second kappa shape index (κ2) is 4.41. The summed E-state index contributed by atoms with van der Waals surface area (Å²) in [5, 5.41) is 0. The van der Waals surface area contributed by atoms with Crippen molar-refractivity contribution in [1.82, 2.24) is 4.98 Å². The van der Waals surface area contributed by atoms with Gasteiger partial charge in [0, 0.05) is 5.56 Å². The van der Waals surface area contributed by atoms with Crippen LogP contribution in [0.3, 0.4) is 0 Å². The number of methoxy groups -OCH3 is 1. The summed E-state index contributed by atoms with van der Waals surface area (Å²) in [5.41, 5.74) is 5.31. The Labute approximate surface area is 84.8 Å². The maximum absolute atomic E-state index is 12.3. The molecule has 0 bridgehead atoms. The smallest absolute Gasteiger partial charge is 0.282 e. The van der Waals surface area contributed by atoms with Gasteiger partial charge >= 0.3 is 0 Å². The van der Waals surface area contributed by atoms with E-state index >= 15 is 0 Å². The molecule has 2 N–H and O–H groups in total. The Morgan fingerprint density at radius 1 is 1.64 bits per heavy atom. The van der Waals surface area contributed by atoms with E-state index in [1.54, 1.807) is 0 Å². The van der Waals surface area contributed by atoms with Gasteiger partial charge in [-0.2, -0.15) is 0 Å². The van der Waals surface area contributed by atoms with Crippen LogP contribution in [0.25, 0.3) is 0 Å². The molecule has 0 unspecified atom stereocenters. The zero-order valence-corrected chi connectivity index (χ0v) is 8.18. The van der Waals surface area contributed by atoms with E-state index in [0.29, 0.717) is 5.56 Å². The standard InChI is InChI=1S/C8H9ClF2N2O/c1-14-8-4(3-9)2-5(12)6(13-8)7(10)11/h2,7H,3,12H2,1H3. The summed E-state index contributed by atoms with van der Waals surface area (Å²) in [6.07, 6.45) is -2.71. The van der Waals surface area contributed by atoms with Gasteiger partial charge in [-0.3, -0.25) is 0 Å². The number of nitrogen functional groups attached to an aromatic ring is 1. The Balaban J connectivity index is 3.23. The molecule has 1 heterocycles. The molecule has 1 aromatic heterocycles. The number of ether oxygens (including phenoxy) is 1. The Morgan fingerprint density at radius 2 is 2.29 bits per heavy atom. The number of alkyl halides is 3. The Kier molecular flexibility index (Phi) is 3.46. The summed E-state index contributed by atoms with van der Waals surface area (Å²) < 4.78 is 29.5. The van der Waals surface area contributed by atoms with Gasteiger partial charge in [0.1, 0.15) is 5.69 Å². The number of nitrogens with two attached hydrogens (primary N) is 1. The first-order valence-electron chi connectivity index (χ1n) is 3.77. The Hall–Kier alpha value is -1.10. The van der Waals surface area contributed by atoms with Gasteiger partial charge in [0.15, 0.2) is 0 Å².